The molecular formula is C11H20O3. The zero-order valence-corrected chi connectivity index (χ0v) is 8.83. The number of aliphatic carboxylic acids is 1. The molecule has 0 radical (unpaired) electrons. The van der Waals surface area contributed by atoms with Crippen LogP contribution in [0, 0.1) is 11.3 Å². The first-order chi connectivity index (χ1) is 6.67. The molecule has 0 heterocycles. The van der Waals surface area contributed by atoms with E-state index in [1.54, 1.807) is 0 Å². The lowest BCUT2D eigenvalue weighted by molar-refractivity contribution is -0.157. The first-order valence-corrected chi connectivity index (χ1v) is 5.51. The van der Waals surface area contributed by atoms with Gasteiger partial charge in [-0.05, 0) is 25.2 Å². The van der Waals surface area contributed by atoms with Gasteiger partial charge in [-0.3, -0.25) is 4.79 Å². The predicted octanol–water partition coefficient (Wildman–Crippen LogP) is 2.04. The van der Waals surface area contributed by atoms with E-state index >= 15 is 0 Å². The minimum absolute atomic E-state index is 0.170. The quantitative estimate of drug-likeness (QED) is 0.730. The Morgan fingerprint density at radius 2 is 1.93 bits per heavy atom. The molecule has 0 aromatic rings. The second-order valence-electron chi connectivity index (χ2n) is 4.31. The molecule has 0 aromatic carbocycles. The van der Waals surface area contributed by atoms with E-state index in [2.05, 4.69) is 0 Å². The van der Waals surface area contributed by atoms with Crippen LogP contribution in [0.15, 0.2) is 0 Å². The highest BCUT2D eigenvalue weighted by Crippen LogP contribution is 2.41. The van der Waals surface area contributed by atoms with Crippen LogP contribution in [-0.4, -0.2) is 22.8 Å². The molecule has 0 saturated heterocycles. The highest BCUT2D eigenvalue weighted by molar-refractivity contribution is 5.75. The molecular weight excluding hydrogens is 180 g/mol. The molecule has 1 aliphatic carbocycles. The van der Waals surface area contributed by atoms with Gasteiger partial charge >= 0.3 is 5.97 Å². The highest BCUT2D eigenvalue weighted by atomic mass is 16.4. The fraction of sp³-hybridized carbons (Fsp3) is 0.909. The Hall–Kier alpha value is -0.570. The summed E-state index contributed by atoms with van der Waals surface area (Å²) in [7, 11) is 0. The molecule has 1 fully saturated rings. The topological polar surface area (TPSA) is 57.5 Å². The minimum Gasteiger partial charge on any atom is -0.481 e. The van der Waals surface area contributed by atoms with Gasteiger partial charge in [-0.15, -0.1) is 0 Å². The summed E-state index contributed by atoms with van der Waals surface area (Å²) in [4.78, 5) is 11.2. The zero-order valence-electron chi connectivity index (χ0n) is 8.83. The molecule has 1 aliphatic rings. The van der Waals surface area contributed by atoms with Crippen molar-refractivity contribution in [1.29, 1.82) is 0 Å². The summed E-state index contributed by atoms with van der Waals surface area (Å²) in [5.74, 6) is -0.654. The van der Waals surface area contributed by atoms with Crippen LogP contribution in [0.25, 0.3) is 0 Å². The van der Waals surface area contributed by atoms with Crippen LogP contribution >= 0.6 is 0 Å². The lowest BCUT2D eigenvalue weighted by atomic mass is 9.67. The van der Waals surface area contributed by atoms with Gasteiger partial charge in [0.2, 0.25) is 0 Å². The Labute approximate surface area is 85.1 Å². The number of hydrogen-bond donors (Lipinski definition) is 2. The van der Waals surface area contributed by atoms with E-state index in [1.165, 1.54) is 6.42 Å². The second kappa shape index (κ2) is 4.78. The largest absolute Gasteiger partial charge is 0.481 e. The Balaban J connectivity index is 2.78. The van der Waals surface area contributed by atoms with Gasteiger partial charge in [0.15, 0.2) is 0 Å². The standard InChI is InChI=1S/C11H20O3/c1-2-11(8-12,10(13)14)9-6-4-3-5-7-9/h9,12H,2-8H2,1H3,(H,13,14). The predicted molar refractivity (Wildman–Crippen MR) is 54.0 cm³/mol. The molecule has 3 heteroatoms. The molecule has 2 N–H and O–H groups in total. The fourth-order valence-corrected chi connectivity index (χ4v) is 2.58. The number of rotatable bonds is 4. The first-order valence-electron chi connectivity index (χ1n) is 5.51. The number of carboxylic acids is 1. The molecule has 1 saturated carbocycles. The maximum atomic E-state index is 11.2. The number of aliphatic hydroxyl groups excluding tert-OH is 1. The summed E-state index contributed by atoms with van der Waals surface area (Å²) in [6.07, 6.45) is 5.88. The lowest BCUT2D eigenvalue weighted by Crippen LogP contribution is -2.42. The van der Waals surface area contributed by atoms with Crippen LogP contribution < -0.4 is 0 Å². The van der Waals surface area contributed by atoms with Crippen molar-refractivity contribution in [1.82, 2.24) is 0 Å². The Morgan fingerprint density at radius 1 is 1.36 bits per heavy atom. The van der Waals surface area contributed by atoms with Crippen molar-refractivity contribution in [3.8, 4) is 0 Å². The van der Waals surface area contributed by atoms with E-state index in [0.717, 1.165) is 25.7 Å². The smallest absolute Gasteiger partial charge is 0.312 e. The molecule has 1 atom stereocenters. The van der Waals surface area contributed by atoms with Gasteiger partial charge in [0, 0.05) is 0 Å². The summed E-state index contributed by atoms with van der Waals surface area (Å²) in [5.41, 5.74) is -0.875. The second-order valence-corrected chi connectivity index (χ2v) is 4.31. The van der Waals surface area contributed by atoms with Crippen molar-refractivity contribution in [3.05, 3.63) is 0 Å². The molecule has 14 heavy (non-hydrogen) atoms. The Bertz CT molecular complexity index is 191. The van der Waals surface area contributed by atoms with Crippen LogP contribution in [0.4, 0.5) is 0 Å². The molecule has 0 bridgehead atoms. The van der Waals surface area contributed by atoms with Crippen LogP contribution in [0.2, 0.25) is 0 Å². The van der Waals surface area contributed by atoms with E-state index in [1.807, 2.05) is 6.92 Å². The molecule has 1 unspecified atom stereocenters. The molecule has 0 amide bonds. The van der Waals surface area contributed by atoms with Crippen molar-refractivity contribution in [2.45, 2.75) is 45.4 Å². The normalized spacial score (nSPS) is 23.0. The van der Waals surface area contributed by atoms with Gasteiger partial charge in [-0.2, -0.15) is 0 Å². The van der Waals surface area contributed by atoms with E-state index in [9.17, 15) is 15.0 Å². The maximum Gasteiger partial charge on any atom is 0.312 e. The first kappa shape index (κ1) is 11.5. The molecule has 0 aliphatic heterocycles. The Kier molecular flexibility index (Phi) is 3.93. The molecule has 82 valence electrons. The summed E-state index contributed by atoms with van der Waals surface area (Å²) in [6, 6.07) is 0. The summed E-state index contributed by atoms with van der Waals surface area (Å²) in [5, 5.41) is 18.5. The van der Waals surface area contributed by atoms with Crippen molar-refractivity contribution in [2.75, 3.05) is 6.61 Å². The number of aliphatic hydroxyl groups is 1. The van der Waals surface area contributed by atoms with Gasteiger partial charge < -0.3 is 10.2 Å². The lowest BCUT2D eigenvalue weighted by Gasteiger charge is -2.37. The average Bonchev–Trinajstić information content (AvgIpc) is 2.22. The van der Waals surface area contributed by atoms with Gasteiger partial charge in [-0.1, -0.05) is 26.2 Å². The monoisotopic (exact) mass is 200 g/mol. The molecule has 1 rings (SSSR count). The highest BCUT2D eigenvalue weighted by Gasteiger charge is 2.43. The van der Waals surface area contributed by atoms with Crippen molar-refractivity contribution >= 4 is 5.97 Å². The van der Waals surface area contributed by atoms with E-state index in [4.69, 9.17) is 0 Å². The van der Waals surface area contributed by atoms with Gasteiger partial charge in [0.05, 0.1) is 12.0 Å². The molecule has 0 spiro atoms. The van der Waals surface area contributed by atoms with Crippen LogP contribution in [0.5, 0.6) is 0 Å². The van der Waals surface area contributed by atoms with Crippen molar-refractivity contribution in [2.24, 2.45) is 11.3 Å². The van der Waals surface area contributed by atoms with Crippen molar-refractivity contribution in [3.63, 3.8) is 0 Å². The van der Waals surface area contributed by atoms with Gasteiger partial charge in [-0.25, -0.2) is 0 Å². The number of carbonyl (C=O) groups is 1. The maximum absolute atomic E-state index is 11.2. The van der Waals surface area contributed by atoms with Crippen molar-refractivity contribution < 1.29 is 15.0 Å². The number of carboxylic acid groups (broad SMARTS) is 1. The third-order valence-corrected chi connectivity index (χ3v) is 3.73. The van der Waals surface area contributed by atoms with E-state index in [-0.39, 0.29) is 12.5 Å². The molecule has 0 aromatic heterocycles. The summed E-state index contributed by atoms with van der Waals surface area (Å²) in [6.45, 7) is 1.64. The van der Waals surface area contributed by atoms with Crippen LogP contribution in [-0.2, 0) is 4.79 Å². The zero-order chi connectivity index (χ0) is 10.6. The van der Waals surface area contributed by atoms with Gasteiger partial charge in [0.25, 0.3) is 0 Å². The van der Waals surface area contributed by atoms with E-state index < -0.39 is 11.4 Å². The molecule has 3 nitrogen and oxygen atoms in total. The third kappa shape index (κ3) is 1.92. The minimum atomic E-state index is -0.875. The SMILES string of the molecule is CCC(CO)(C(=O)O)C1CCCCC1. The summed E-state index contributed by atoms with van der Waals surface area (Å²) >= 11 is 0. The number of hydrogen-bond acceptors (Lipinski definition) is 2. The van der Waals surface area contributed by atoms with Crippen LogP contribution in [0.1, 0.15) is 45.4 Å². The van der Waals surface area contributed by atoms with Gasteiger partial charge in [0.1, 0.15) is 0 Å². The van der Waals surface area contributed by atoms with Crippen LogP contribution in [0.3, 0.4) is 0 Å². The summed E-state index contributed by atoms with van der Waals surface area (Å²) < 4.78 is 0. The average molecular weight is 200 g/mol. The van der Waals surface area contributed by atoms with E-state index in [0.29, 0.717) is 6.42 Å². The Morgan fingerprint density at radius 3 is 2.29 bits per heavy atom. The fourth-order valence-electron chi connectivity index (χ4n) is 2.58. The third-order valence-electron chi connectivity index (χ3n) is 3.73.